The first kappa shape index (κ1) is 18.9. The van der Waals surface area contributed by atoms with Crippen LogP contribution in [0.1, 0.15) is 24.2 Å². The number of ketones is 1. The van der Waals surface area contributed by atoms with Crippen molar-refractivity contribution < 1.29 is 14.5 Å². The molecule has 1 saturated heterocycles. The van der Waals surface area contributed by atoms with Crippen molar-refractivity contribution in [3.8, 4) is 11.5 Å². The normalized spacial score (nSPS) is 15.5. The van der Waals surface area contributed by atoms with Crippen molar-refractivity contribution >= 4 is 11.6 Å². The number of carbonyl (C=O) groups is 1. The zero-order valence-electron chi connectivity index (χ0n) is 15.4. The summed E-state index contributed by atoms with van der Waals surface area (Å²) in [5.74, 6) is 1.03. The van der Waals surface area contributed by atoms with Crippen molar-refractivity contribution in [2.75, 3.05) is 20.1 Å². The minimum absolute atomic E-state index is 0.0914. The van der Waals surface area contributed by atoms with Crippen LogP contribution in [0.5, 0.6) is 11.5 Å². The van der Waals surface area contributed by atoms with Crippen molar-refractivity contribution in [3.63, 3.8) is 0 Å². The molecule has 0 atom stereocenters. The van der Waals surface area contributed by atoms with Gasteiger partial charge in [0.2, 0.25) is 0 Å². The molecule has 0 aliphatic carbocycles. The molecular formula is C19H22N4O4. The van der Waals surface area contributed by atoms with E-state index in [1.807, 2.05) is 0 Å². The number of aromatic nitrogens is 2. The third-order valence-corrected chi connectivity index (χ3v) is 4.75. The summed E-state index contributed by atoms with van der Waals surface area (Å²) >= 11 is 0. The van der Waals surface area contributed by atoms with Gasteiger partial charge in [0, 0.05) is 37.6 Å². The van der Waals surface area contributed by atoms with Gasteiger partial charge in [0.1, 0.15) is 11.5 Å². The Morgan fingerprint density at radius 2 is 2.07 bits per heavy atom. The van der Waals surface area contributed by atoms with Crippen molar-refractivity contribution in [2.45, 2.75) is 26.2 Å². The summed E-state index contributed by atoms with van der Waals surface area (Å²) in [6.45, 7) is 3.53. The Morgan fingerprint density at radius 1 is 1.33 bits per heavy atom. The van der Waals surface area contributed by atoms with Gasteiger partial charge in [-0.05, 0) is 55.0 Å². The minimum Gasteiger partial charge on any atom is -0.453 e. The number of hydrogen-bond acceptors (Lipinski definition) is 7. The van der Waals surface area contributed by atoms with E-state index in [2.05, 4.69) is 21.9 Å². The van der Waals surface area contributed by atoms with Crippen molar-refractivity contribution in [3.05, 3.63) is 52.0 Å². The van der Waals surface area contributed by atoms with Gasteiger partial charge in [0.05, 0.1) is 5.69 Å². The summed E-state index contributed by atoms with van der Waals surface area (Å²) in [6.07, 6.45) is 3.65. The summed E-state index contributed by atoms with van der Waals surface area (Å²) in [5, 5.41) is 10.8. The molecule has 0 amide bonds. The molecule has 8 nitrogen and oxygen atoms in total. The molecule has 0 spiro atoms. The average Bonchev–Trinajstić information content (AvgIpc) is 2.64. The quantitative estimate of drug-likeness (QED) is 0.569. The summed E-state index contributed by atoms with van der Waals surface area (Å²) in [4.78, 5) is 33.2. The molecule has 1 aliphatic heterocycles. The molecular weight excluding hydrogens is 348 g/mol. The molecule has 27 heavy (non-hydrogen) atoms. The number of hydrogen-bond donors (Lipinski definition) is 0. The first-order chi connectivity index (χ1) is 12.9. The first-order valence-electron chi connectivity index (χ1n) is 8.88. The van der Waals surface area contributed by atoms with Crippen molar-refractivity contribution in [1.82, 2.24) is 14.9 Å². The van der Waals surface area contributed by atoms with E-state index >= 15 is 0 Å². The maximum Gasteiger partial charge on any atom is 0.363 e. The highest BCUT2D eigenvalue weighted by atomic mass is 16.6. The van der Waals surface area contributed by atoms with Gasteiger partial charge in [-0.15, -0.1) is 0 Å². The lowest BCUT2D eigenvalue weighted by Gasteiger charge is -2.27. The van der Waals surface area contributed by atoms with E-state index in [1.54, 1.807) is 25.3 Å². The van der Waals surface area contributed by atoms with Gasteiger partial charge in [0.15, 0.2) is 11.4 Å². The molecule has 2 aromatic heterocycles. The fraction of sp³-hybridized carbons (Fsp3) is 0.421. The molecule has 3 rings (SSSR count). The standard InChI is InChI=1S/C19H22N4O4/c1-13-18(3-4-19(21-13)23(25)26)27-16-5-8-20-15(11-16)12-17(24)14-6-9-22(2)10-7-14/h3-5,8,11,14H,6-7,9-10,12H2,1-2H3. The van der Waals surface area contributed by atoms with Gasteiger partial charge < -0.3 is 19.8 Å². The van der Waals surface area contributed by atoms with Crippen LogP contribution in [-0.4, -0.2) is 45.7 Å². The highest BCUT2D eigenvalue weighted by molar-refractivity contribution is 5.83. The number of nitro groups is 1. The lowest BCUT2D eigenvalue weighted by atomic mass is 9.90. The largest absolute Gasteiger partial charge is 0.453 e. The number of ether oxygens (including phenoxy) is 1. The third-order valence-electron chi connectivity index (χ3n) is 4.75. The van der Waals surface area contributed by atoms with Crippen LogP contribution >= 0.6 is 0 Å². The Labute approximate surface area is 157 Å². The fourth-order valence-electron chi connectivity index (χ4n) is 3.14. The molecule has 0 N–H and O–H groups in total. The van der Waals surface area contributed by atoms with E-state index in [0.29, 0.717) is 22.9 Å². The number of likely N-dealkylation sites (tertiary alicyclic amines) is 1. The second kappa shape index (κ2) is 8.22. The molecule has 1 aliphatic rings. The van der Waals surface area contributed by atoms with E-state index in [0.717, 1.165) is 25.9 Å². The monoisotopic (exact) mass is 370 g/mol. The summed E-state index contributed by atoms with van der Waals surface area (Å²) in [5.41, 5.74) is 1.08. The molecule has 0 unspecified atom stereocenters. The zero-order chi connectivity index (χ0) is 19.4. The Kier molecular flexibility index (Phi) is 5.75. The highest BCUT2D eigenvalue weighted by Crippen LogP contribution is 2.26. The van der Waals surface area contributed by atoms with E-state index in [1.165, 1.54) is 12.1 Å². The third kappa shape index (κ3) is 4.85. The maximum atomic E-state index is 12.5. The predicted molar refractivity (Wildman–Crippen MR) is 98.9 cm³/mol. The van der Waals surface area contributed by atoms with E-state index < -0.39 is 4.92 Å². The predicted octanol–water partition coefficient (Wildman–Crippen LogP) is 2.94. The molecule has 0 aromatic carbocycles. The molecule has 0 bridgehead atoms. The van der Waals surface area contributed by atoms with Gasteiger partial charge in [-0.2, -0.15) is 0 Å². The number of rotatable bonds is 6. The SMILES string of the molecule is Cc1nc([N+](=O)[O-])ccc1Oc1ccnc(CC(=O)C2CCN(C)CC2)c1. The van der Waals surface area contributed by atoms with E-state index in [-0.39, 0.29) is 23.9 Å². The van der Waals surface area contributed by atoms with Crippen LogP contribution in [-0.2, 0) is 11.2 Å². The van der Waals surface area contributed by atoms with Crippen molar-refractivity contribution in [2.24, 2.45) is 5.92 Å². The van der Waals surface area contributed by atoms with E-state index in [9.17, 15) is 14.9 Å². The molecule has 142 valence electrons. The summed E-state index contributed by atoms with van der Waals surface area (Å²) in [7, 11) is 2.07. The van der Waals surface area contributed by atoms with Crippen LogP contribution in [0, 0.1) is 23.0 Å². The van der Waals surface area contributed by atoms with E-state index in [4.69, 9.17) is 4.74 Å². The molecule has 0 saturated carbocycles. The minimum atomic E-state index is -0.546. The average molecular weight is 370 g/mol. The van der Waals surface area contributed by atoms with Gasteiger partial charge in [-0.3, -0.25) is 9.78 Å². The number of pyridine rings is 2. The maximum absolute atomic E-state index is 12.5. The topological polar surface area (TPSA) is 98.5 Å². The second-order valence-corrected chi connectivity index (χ2v) is 6.82. The molecule has 0 radical (unpaired) electrons. The van der Waals surface area contributed by atoms with Crippen LogP contribution in [0.2, 0.25) is 0 Å². The van der Waals surface area contributed by atoms with Gasteiger partial charge >= 0.3 is 5.82 Å². The Morgan fingerprint density at radius 3 is 2.74 bits per heavy atom. The molecule has 8 heteroatoms. The Bertz CT molecular complexity index is 847. The second-order valence-electron chi connectivity index (χ2n) is 6.82. The number of aryl methyl sites for hydroxylation is 1. The van der Waals surface area contributed by atoms with Crippen molar-refractivity contribution in [1.29, 1.82) is 0 Å². The van der Waals surface area contributed by atoms with Crippen LogP contribution in [0.3, 0.4) is 0 Å². The fourth-order valence-corrected chi connectivity index (χ4v) is 3.14. The van der Waals surface area contributed by atoms with Gasteiger partial charge in [-0.25, -0.2) is 0 Å². The van der Waals surface area contributed by atoms with Crippen LogP contribution < -0.4 is 4.74 Å². The smallest absolute Gasteiger partial charge is 0.363 e. The lowest BCUT2D eigenvalue weighted by Crippen LogP contribution is -2.34. The molecule has 3 heterocycles. The number of nitrogens with zero attached hydrogens (tertiary/aromatic N) is 4. The highest BCUT2D eigenvalue weighted by Gasteiger charge is 2.23. The Balaban J connectivity index is 1.67. The number of carbonyl (C=O) groups excluding carboxylic acids is 1. The first-order valence-corrected chi connectivity index (χ1v) is 8.88. The molecule has 1 fully saturated rings. The Hall–Kier alpha value is -2.87. The van der Waals surface area contributed by atoms with Gasteiger partial charge in [-0.1, -0.05) is 0 Å². The van der Waals surface area contributed by atoms with Gasteiger partial charge in [0.25, 0.3) is 0 Å². The van der Waals surface area contributed by atoms with Crippen LogP contribution in [0.25, 0.3) is 0 Å². The number of Topliss-reactive ketones (excluding diaryl/α,β-unsaturated/α-hetero) is 1. The zero-order valence-corrected chi connectivity index (χ0v) is 15.4. The summed E-state index contributed by atoms with van der Waals surface area (Å²) < 4.78 is 5.78. The molecule has 2 aromatic rings. The number of piperidine rings is 1. The summed E-state index contributed by atoms with van der Waals surface area (Å²) in [6, 6.07) is 6.23. The van der Waals surface area contributed by atoms with Crippen LogP contribution in [0.15, 0.2) is 30.5 Å². The van der Waals surface area contributed by atoms with Crippen LogP contribution in [0.4, 0.5) is 5.82 Å². The lowest BCUT2D eigenvalue weighted by molar-refractivity contribution is -0.389.